The highest BCUT2D eigenvalue weighted by Crippen LogP contribution is 2.31. The highest BCUT2D eigenvalue weighted by atomic mass is 16.3. The van der Waals surface area contributed by atoms with Gasteiger partial charge in [-0.3, -0.25) is 0 Å². The minimum absolute atomic E-state index is 0.259. The van der Waals surface area contributed by atoms with Gasteiger partial charge in [0.1, 0.15) is 18.4 Å². The Morgan fingerprint density at radius 2 is 1.63 bits per heavy atom. The van der Waals surface area contributed by atoms with Crippen LogP contribution in [0.2, 0.25) is 0 Å². The summed E-state index contributed by atoms with van der Waals surface area (Å²) in [5.41, 5.74) is 2.70. The summed E-state index contributed by atoms with van der Waals surface area (Å²) in [5.74, 6) is 0.853. The maximum Gasteiger partial charge on any atom is 0.162 e. The molecule has 96 valence electrons. The van der Waals surface area contributed by atoms with Crippen molar-refractivity contribution in [3.05, 3.63) is 61.2 Å². The minimum Gasteiger partial charge on any atom is -0.508 e. The first-order valence-corrected chi connectivity index (χ1v) is 5.95. The molecule has 0 unspecified atom stereocenters. The Bertz CT molecular complexity index is 594. The van der Waals surface area contributed by atoms with Gasteiger partial charge in [0.15, 0.2) is 5.82 Å². The van der Waals surface area contributed by atoms with E-state index in [1.54, 1.807) is 18.2 Å². The van der Waals surface area contributed by atoms with Crippen molar-refractivity contribution < 1.29 is 5.11 Å². The predicted molar refractivity (Wildman–Crippen MR) is 74.7 cm³/mol. The molecule has 0 amide bonds. The molecule has 0 spiro atoms. The van der Waals surface area contributed by atoms with Crippen molar-refractivity contribution in [2.75, 3.05) is 0 Å². The fraction of sp³-hybridized carbons (Fsp3) is 0.133. The smallest absolute Gasteiger partial charge is 0.162 e. The van der Waals surface area contributed by atoms with E-state index in [-0.39, 0.29) is 5.75 Å². The average Bonchev–Trinajstić information content (AvgIpc) is 2.44. The lowest BCUT2D eigenvalue weighted by Crippen LogP contribution is -1.99. The highest BCUT2D eigenvalue weighted by molar-refractivity contribution is 5.65. The van der Waals surface area contributed by atoms with Gasteiger partial charge in [0.25, 0.3) is 0 Å². The quantitative estimate of drug-likeness (QED) is 0.832. The molecule has 2 aromatic rings. The molecular weight excluding hydrogens is 238 g/mol. The number of rotatable bonds is 5. The Morgan fingerprint density at radius 3 is 2.26 bits per heavy atom. The lowest BCUT2D eigenvalue weighted by molar-refractivity contribution is 0.469. The van der Waals surface area contributed by atoms with Crippen molar-refractivity contribution in [1.82, 2.24) is 15.0 Å². The molecule has 4 nitrogen and oxygen atoms in total. The number of aromatic nitrogens is 3. The van der Waals surface area contributed by atoms with Gasteiger partial charge in [-0.05, 0) is 30.5 Å². The second-order valence-corrected chi connectivity index (χ2v) is 4.04. The summed E-state index contributed by atoms with van der Waals surface area (Å²) in [5, 5.41) is 9.99. The Hall–Kier alpha value is -2.49. The van der Waals surface area contributed by atoms with Crippen LogP contribution in [0.4, 0.5) is 0 Å². The van der Waals surface area contributed by atoms with Crippen molar-refractivity contribution in [3.63, 3.8) is 0 Å². The first-order valence-electron chi connectivity index (χ1n) is 5.95. The van der Waals surface area contributed by atoms with Crippen LogP contribution in [0.15, 0.2) is 50.1 Å². The Balaban J connectivity index is 2.63. The molecule has 2 rings (SSSR count). The molecule has 1 aromatic heterocycles. The number of nitrogens with zero attached hydrogens (tertiary/aromatic N) is 3. The average molecular weight is 253 g/mol. The zero-order chi connectivity index (χ0) is 13.7. The second kappa shape index (κ2) is 5.91. The number of hydrogen-bond donors (Lipinski definition) is 1. The second-order valence-electron chi connectivity index (χ2n) is 4.04. The summed E-state index contributed by atoms with van der Waals surface area (Å²) in [6.45, 7) is 7.48. The van der Waals surface area contributed by atoms with Crippen LogP contribution in [-0.4, -0.2) is 20.1 Å². The highest BCUT2D eigenvalue weighted by Gasteiger charge is 2.14. The van der Waals surface area contributed by atoms with Gasteiger partial charge < -0.3 is 5.11 Å². The Morgan fingerprint density at radius 1 is 1.00 bits per heavy atom. The maximum absolute atomic E-state index is 9.99. The van der Waals surface area contributed by atoms with Crippen LogP contribution in [0.25, 0.3) is 11.4 Å². The predicted octanol–water partition coefficient (Wildman–Crippen LogP) is 2.70. The molecule has 0 bridgehead atoms. The number of aromatic hydroxyl groups is 1. The zero-order valence-corrected chi connectivity index (χ0v) is 10.6. The number of allylic oxidation sites excluding steroid dienone is 2. The van der Waals surface area contributed by atoms with Crippen LogP contribution in [-0.2, 0) is 12.8 Å². The van der Waals surface area contributed by atoms with Crippen LogP contribution in [0.1, 0.15) is 11.1 Å². The Kier molecular flexibility index (Phi) is 4.03. The molecule has 1 heterocycles. The summed E-state index contributed by atoms with van der Waals surface area (Å²) >= 11 is 0. The van der Waals surface area contributed by atoms with E-state index in [0.717, 1.165) is 16.7 Å². The van der Waals surface area contributed by atoms with Gasteiger partial charge in [-0.25, -0.2) is 15.0 Å². The van der Waals surface area contributed by atoms with Gasteiger partial charge in [0.2, 0.25) is 0 Å². The van der Waals surface area contributed by atoms with Gasteiger partial charge in [0, 0.05) is 11.1 Å². The minimum atomic E-state index is 0.259. The largest absolute Gasteiger partial charge is 0.508 e. The van der Waals surface area contributed by atoms with Crippen LogP contribution in [0.3, 0.4) is 0 Å². The topological polar surface area (TPSA) is 58.9 Å². The van der Waals surface area contributed by atoms with Gasteiger partial charge in [-0.2, -0.15) is 0 Å². The number of phenols is 1. The van der Waals surface area contributed by atoms with E-state index in [1.165, 1.54) is 12.7 Å². The monoisotopic (exact) mass is 253 g/mol. The third kappa shape index (κ3) is 2.68. The number of hydrogen-bond acceptors (Lipinski definition) is 4. The summed E-state index contributed by atoms with van der Waals surface area (Å²) in [4.78, 5) is 12.1. The van der Waals surface area contributed by atoms with E-state index in [9.17, 15) is 5.11 Å². The molecule has 0 aliphatic carbocycles. The molecule has 0 atom stereocenters. The zero-order valence-electron chi connectivity index (χ0n) is 10.6. The first-order chi connectivity index (χ1) is 9.27. The van der Waals surface area contributed by atoms with Crippen molar-refractivity contribution in [2.24, 2.45) is 0 Å². The molecule has 0 saturated heterocycles. The van der Waals surface area contributed by atoms with Crippen molar-refractivity contribution in [3.8, 4) is 17.1 Å². The molecular formula is C15H15N3O. The molecule has 0 radical (unpaired) electrons. The SMILES string of the molecule is C=CCc1c(O)ccc(-c2ncncn2)c1CC=C. The van der Waals surface area contributed by atoms with E-state index in [2.05, 4.69) is 28.1 Å². The molecule has 1 aromatic carbocycles. The van der Waals surface area contributed by atoms with Gasteiger partial charge in [0.05, 0.1) is 0 Å². The molecule has 4 heteroatoms. The van der Waals surface area contributed by atoms with Crippen LogP contribution < -0.4 is 0 Å². The first kappa shape index (κ1) is 13.0. The summed E-state index contributed by atoms with van der Waals surface area (Å²) in [6.07, 6.45) is 7.71. The summed E-state index contributed by atoms with van der Waals surface area (Å²) < 4.78 is 0. The molecule has 0 saturated carbocycles. The van der Waals surface area contributed by atoms with Crippen LogP contribution in [0.5, 0.6) is 5.75 Å². The van der Waals surface area contributed by atoms with E-state index < -0.39 is 0 Å². The number of benzene rings is 1. The van der Waals surface area contributed by atoms with Gasteiger partial charge >= 0.3 is 0 Å². The molecule has 19 heavy (non-hydrogen) atoms. The lowest BCUT2D eigenvalue weighted by Gasteiger charge is -2.13. The summed E-state index contributed by atoms with van der Waals surface area (Å²) in [6, 6.07) is 3.47. The van der Waals surface area contributed by atoms with E-state index >= 15 is 0 Å². The summed E-state index contributed by atoms with van der Waals surface area (Å²) in [7, 11) is 0. The molecule has 0 aliphatic rings. The fourth-order valence-corrected chi connectivity index (χ4v) is 2.02. The van der Waals surface area contributed by atoms with Crippen LogP contribution in [0, 0.1) is 0 Å². The van der Waals surface area contributed by atoms with Gasteiger partial charge in [-0.15, -0.1) is 13.2 Å². The van der Waals surface area contributed by atoms with Crippen molar-refractivity contribution in [2.45, 2.75) is 12.8 Å². The normalized spacial score (nSPS) is 10.1. The maximum atomic E-state index is 9.99. The lowest BCUT2D eigenvalue weighted by atomic mass is 9.94. The third-order valence-corrected chi connectivity index (χ3v) is 2.84. The van der Waals surface area contributed by atoms with Crippen molar-refractivity contribution >= 4 is 0 Å². The molecule has 0 aliphatic heterocycles. The fourth-order valence-electron chi connectivity index (χ4n) is 2.02. The molecule has 1 N–H and O–H groups in total. The standard InChI is InChI=1S/C15H15N3O/c1-3-5-11-12(6-4-2)14(19)8-7-13(11)15-17-9-16-10-18-15/h3-4,7-10,19H,1-2,5-6H2. The third-order valence-electron chi connectivity index (χ3n) is 2.84. The van der Waals surface area contributed by atoms with E-state index in [0.29, 0.717) is 18.7 Å². The Labute approximate surface area is 112 Å². The van der Waals surface area contributed by atoms with Crippen LogP contribution >= 0.6 is 0 Å². The van der Waals surface area contributed by atoms with Crippen molar-refractivity contribution in [1.29, 1.82) is 0 Å². The molecule has 0 fully saturated rings. The van der Waals surface area contributed by atoms with Gasteiger partial charge in [-0.1, -0.05) is 12.2 Å². The van der Waals surface area contributed by atoms with E-state index in [1.807, 2.05) is 6.07 Å². The van der Waals surface area contributed by atoms with E-state index in [4.69, 9.17) is 0 Å². The number of phenolic OH excluding ortho intramolecular Hbond substituents is 1.